The largest absolute Gasteiger partial charge is 0.460 e. The molecular formula is C42H44F26NO6P. The predicted octanol–water partition coefficient (Wildman–Crippen LogP) is 14.7. The highest BCUT2D eigenvalue weighted by atomic mass is 31.2. The number of nitrogens with zero attached hydrogens (tertiary/aromatic N) is 1. The molecule has 1 heterocycles. The molecule has 0 amide bonds. The lowest BCUT2D eigenvalue weighted by Crippen LogP contribution is -2.70. The zero-order valence-corrected chi connectivity index (χ0v) is 40.2. The number of rotatable bonds is 28. The van der Waals surface area contributed by atoms with E-state index < -0.39 is 144 Å². The summed E-state index contributed by atoms with van der Waals surface area (Å²) < 4.78 is 385. The molecule has 0 radical (unpaired) electrons. The second-order valence-corrected chi connectivity index (χ2v) is 19.3. The Hall–Kier alpha value is -3.36. The minimum atomic E-state index is -8.25. The van der Waals surface area contributed by atoms with Crippen LogP contribution in [0.1, 0.15) is 70.8 Å². The first-order valence-electron chi connectivity index (χ1n) is 21.5. The topological polar surface area (TPSA) is 79.2 Å². The molecule has 1 aromatic rings. The highest BCUT2D eigenvalue weighted by molar-refractivity contribution is 7.48. The maximum absolute atomic E-state index is 14.4. The molecule has 1 unspecified atom stereocenters. The summed E-state index contributed by atoms with van der Waals surface area (Å²) in [6, 6.07) is 7.34. The van der Waals surface area contributed by atoms with Gasteiger partial charge in [0.1, 0.15) is 0 Å². The van der Waals surface area contributed by atoms with Crippen molar-refractivity contribution in [2.75, 3.05) is 52.9 Å². The molecule has 440 valence electrons. The summed E-state index contributed by atoms with van der Waals surface area (Å²) in [5.74, 6) is -71.8. The van der Waals surface area contributed by atoms with Gasteiger partial charge in [-0.05, 0) is 24.0 Å². The minimum absolute atomic E-state index is 0.00726. The Balaban J connectivity index is 2.33. The molecule has 0 aromatic heterocycles. The SMILES string of the molecule is CC(C)C(C(C)C)P(OCCC#N)OCCC#Cc1ccc(C2OCC(COCCC(F)(F)C(F)(F)C(F)(F)C(F)(F)C(F)(F)C(F)(F)F)(COCCC(F)(F)C(F)(F)C(F)(F)C(F)(F)C(F)(F)C(F)(F)F)CO2)cc1. The zero-order valence-electron chi connectivity index (χ0n) is 39.3. The molecule has 1 saturated heterocycles. The summed E-state index contributed by atoms with van der Waals surface area (Å²) in [4.78, 5) is 0. The van der Waals surface area contributed by atoms with E-state index in [9.17, 15) is 114 Å². The van der Waals surface area contributed by atoms with Gasteiger partial charge in [-0.1, -0.05) is 51.7 Å². The fraction of sp³-hybridized carbons (Fsp3) is 0.786. The van der Waals surface area contributed by atoms with Crippen LogP contribution in [0.15, 0.2) is 24.3 Å². The molecule has 1 fully saturated rings. The third-order valence-corrected chi connectivity index (χ3v) is 13.5. The Morgan fingerprint density at radius 3 is 1.22 bits per heavy atom. The second kappa shape index (κ2) is 24.6. The number of ether oxygens (including phenoxy) is 4. The first-order valence-corrected chi connectivity index (χ1v) is 22.7. The normalized spacial score (nSPS) is 17.1. The summed E-state index contributed by atoms with van der Waals surface area (Å²) >= 11 is 0. The quantitative estimate of drug-likeness (QED) is 0.0358. The van der Waals surface area contributed by atoms with Crippen LogP contribution in [0.25, 0.3) is 0 Å². The number of hydrogen-bond acceptors (Lipinski definition) is 7. The van der Waals surface area contributed by atoms with E-state index in [0.717, 1.165) is 0 Å². The fourth-order valence-corrected chi connectivity index (χ4v) is 8.55. The van der Waals surface area contributed by atoms with Gasteiger partial charge in [-0.15, -0.1) is 0 Å². The van der Waals surface area contributed by atoms with Crippen LogP contribution < -0.4 is 0 Å². The molecule has 0 spiro atoms. The molecule has 1 aromatic carbocycles. The van der Waals surface area contributed by atoms with E-state index in [1.807, 2.05) is 33.8 Å². The minimum Gasteiger partial charge on any atom is -0.380 e. The monoisotopic (exact) mass is 1180 g/mol. The van der Waals surface area contributed by atoms with Crippen molar-refractivity contribution in [1.82, 2.24) is 0 Å². The van der Waals surface area contributed by atoms with Crippen molar-refractivity contribution in [2.45, 2.75) is 137 Å². The third kappa shape index (κ3) is 14.1. The van der Waals surface area contributed by atoms with Crippen molar-refractivity contribution in [1.29, 1.82) is 5.26 Å². The maximum atomic E-state index is 14.4. The highest BCUT2D eigenvalue weighted by Crippen LogP contribution is 2.62. The molecule has 1 atom stereocenters. The van der Waals surface area contributed by atoms with Crippen molar-refractivity contribution in [3.63, 3.8) is 0 Å². The number of nitriles is 1. The molecule has 0 aliphatic carbocycles. The van der Waals surface area contributed by atoms with Gasteiger partial charge in [-0.25, -0.2) is 0 Å². The first-order chi connectivity index (χ1) is 34.1. The Kier molecular flexibility index (Phi) is 22.2. The molecule has 7 nitrogen and oxygen atoms in total. The van der Waals surface area contributed by atoms with Gasteiger partial charge in [0.15, 0.2) is 14.7 Å². The van der Waals surface area contributed by atoms with Crippen molar-refractivity contribution in [2.24, 2.45) is 17.3 Å². The Morgan fingerprint density at radius 2 is 0.882 bits per heavy atom. The molecule has 1 aliphatic heterocycles. The van der Waals surface area contributed by atoms with Gasteiger partial charge in [0.2, 0.25) is 0 Å². The molecule has 0 bridgehead atoms. The maximum Gasteiger partial charge on any atom is 0.460 e. The van der Waals surface area contributed by atoms with Gasteiger partial charge >= 0.3 is 71.6 Å². The molecule has 2 rings (SSSR count). The molecule has 76 heavy (non-hydrogen) atoms. The van der Waals surface area contributed by atoms with Crippen molar-refractivity contribution in [3.05, 3.63) is 35.4 Å². The van der Waals surface area contributed by atoms with Gasteiger partial charge in [0.05, 0.1) is 70.8 Å². The molecule has 34 heteroatoms. The summed E-state index contributed by atoms with van der Waals surface area (Å²) in [5.41, 5.74) is -1.87. The van der Waals surface area contributed by atoms with Crippen LogP contribution in [0.5, 0.6) is 0 Å². The predicted molar refractivity (Wildman–Crippen MR) is 210 cm³/mol. The van der Waals surface area contributed by atoms with Crippen LogP contribution in [-0.2, 0) is 28.0 Å². The van der Waals surface area contributed by atoms with E-state index in [-0.39, 0.29) is 49.1 Å². The van der Waals surface area contributed by atoms with Gasteiger partial charge in [-0.3, -0.25) is 0 Å². The summed E-state index contributed by atoms with van der Waals surface area (Å²) in [6.07, 6.45) is -22.5. The molecule has 1 aliphatic rings. The van der Waals surface area contributed by atoms with Crippen molar-refractivity contribution >= 4 is 8.38 Å². The van der Waals surface area contributed by atoms with Crippen LogP contribution in [0, 0.1) is 40.4 Å². The van der Waals surface area contributed by atoms with E-state index >= 15 is 0 Å². The van der Waals surface area contributed by atoms with Crippen molar-refractivity contribution < 1.29 is 142 Å². The number of alkyl halides is 26. The van der Waals surface area contributed by atoms with Crippen LogP contribution in [0.4, 0.5) is 114 Å². The second-order valence-electron chi connectivity index (χ2n) is 17.6. The van der Waals surface area contributed by atoms with Crippen LogP contribution in [0.2, 0.25) is 0 Å². The Labute approximate surface area is 416 Å². The highest BCUT2D eigenvalue weighted by Gasteiger charge is 2.92. The fourth-order valence-electron chi connectivity index (χ4n) is 6.61. The molecule has 0 saturated carbocycles. The van der Waals surface area contributed by atoms with Gasteiger partial charge < -0.3 is 28.0 Å². The van der Waals surface area contributed by atoms with E-state index in [1.165, 1.54) is 24.3 Å². The lowest BCUT2D eigenvalue weighted by molar-refractivity contribution is -0.440. The Bertz CT molecular complexity index is 2020. The van der Waals surface area contributed by atoms with E-state index in [1.54, 1.807) is 0 Å². The lowest BCUT2D eigenvalue weighted by Gasteiger charge is -2.41. The van der Waals surface area contributed by atoms with E-state index in [4.69, 9.17) is 23.8 Å². The van der Waals surface area contributed by atoms with Gasteiger partial charge in [0, 0.05) is 36.0 Å². The number of halogens is 26. The van der Waals surface area contributed by atoms with E-state index in [0.29, 0.717) is 5.56 Å². The molecule has 0 N–H and O–H groups in total. The van der Waals surface area contributed by atoms with Crippen LogP contribution in [-0.4, -0.2) is 130 Å². The van der Waals surface area contributed by atoms with Gasteiger partial charge in [-0.2, -0.15) is 119 Å². The van der Waals surface area contributed by atoms with Gasteiger partial charge in [0.25, 0.3) is 0 Å². The molecular weight excluding hydrogens is 1140 g/mol. The van der Waals surface area contributed by atoms with Crippen LogP contribution >= 0.6 is 8.38 Å². The smallest absolute Gasteiger partial charge is 0.380 e. The average molecular weight is 1180 g/mol. The summed E-state index contributed by atoms with van der Waals surface area (Å²) in [5, 5.41) is 8.87. The third-order valence-electron chi connectivity index (χ3n) is 10.9. The van der Waals surface area contributed by atoms with E-state index in [2.05, 4.69) is 21.3 Å². The van der Waals surface area contributed by atoms with Crippen molar-refractivity contribution in [3.8, 4) is 17.9 Å². The Morgan fingerprint density at radius 1 is 0.526 bits per heavy atom. The zero-order chi connectivity index (χ0) is 59.2. The first kappa shape index (κ1) is 68.7. The number of benzene rings is 1. The average Bonchev–Trinajstić information content (AvgIpc) is 3.28. The standard InChI is InChI=1S/C42H44F26NO6P/c1-24(2)28(25(3)4)76(75-17-7-15-69)74-16-6-5-8-26-9-11-27(12-10-26)29-72-22-30(23-73-29,20-70-18-13-31(43,44)33(47,48)35(51,52)37(55,56)39(59,60)41(63,64)65)21-71-19-14-32(45,46)34(49,50)36(53,54)38(57,58)40(61,62)42(66,67)68/h9-12,24-25,28-29H,6-7,13-14,16-23H2,1-4H3. The summed E-state index contributed by atoms with van der Waals surface area (Å²) in [7, 11) is -1.43. The van der Waals surface area contributed by atoms with Crippen LogP contribution in [0.3, 0.4) is 0 Å². The number of hydrogen-bond donors (Lipinski definition) is 0. The lowest BCUT2D eigenvalue weighted by atomic mass is 9.90. The summed E-state index contributed by atoms with van der Waals surface area (Å²) in [6.45, 7) is -0.968.